The van der Waals surface area contributed by atoms with E-state index < -0.39 is 0 Å². The van der Waals surface area contributed by atoms with E-state index in [1.165, 1.54) is 12.0 Å². The van der Waals surface area contributed by atoms with Crippen LogP contribution in [0.15, 0.2) is 27.7 Å². The molecule has 1 unspecified atom stereocenters. The molecule has 0 fully saturated rings. The number of nitrogens with zero attached hydrogens (tertiary/aromatic N) is 1. The fourth-order valence-corrected chi connectivity index (χ4v) is 3.82. The fraction of sp³-hybridized carbons (Fsp3) is 0.533. The molecule has 1 heterocycles. The van der Waals surface area contributed by atoms with Crippen LogP contribution in [0.3, 0.4) is 0 Å². The van der Waals surface area contributed by atoms with Crippen LogP contribution in [0.2, 0.25) is 0 Å². The van der Waals surface area contributed by atoms with Crippen LogP contribution < -0.4 is 5.32 Å². The summed E-state index contributed by atoms with van der Waals surface area (Å²) in [5, 5.41) is 5.06. The van der Waals surface area contributed by atoms with Crippen molar-refractivity contribution in [3.63, 3.8) is 0 Å². The Balaban J connectivity index is 1.93. The largest absolute Gasteiger partial charge is 0.335 e. The van der Waals surface area contributed by atoms with Crippen molar-refractivity contribution >= 4 is 38.5 Å². The van der Waals surface area contributed by atoms with Gasteiger partial charge in [0.1, 0.15) is 0 Å². The minimum Gasteiger partial charge on any atom is -0.335 e. The van der Waals surface area contributed by atoms with Crippen molar-refractivity contribution in [3.8, 4) is 0 Å². The Morgan fingerprint density at radius 3 is 2.79 bits per heavy atom. The van der Waals surface area contributed by atoms with Crippen molar-refractivity contribution in [2.45, 2.75) is 39.4 Å². The molecule has 0 amide bonds. The van der Waals surface area contributed by atoms with E-state index >= 15 is 0 Å². The maximum atomic E-state index is 4.60. The monoisotopic (exact) mass is 340 g/mol. The first-order valence-corrected chi connectivity index (χ1v) is 8.25. The molecule has 0 saturated heterocycles. The van der Waals surface area contributed by atoms with Gasteiger partial charge in [-0.15, -0.1) is 0 Å². The molecule has 1 aliphatic rings. The molecule has 19 heavy (non-hydrogen) atoms. The van der Waals surface area contributed by atoms with E-state index in [-0.39, 0.29) is 0 Å². The van der Waals surface area contributed by atoms with Crippen LogP contribution in [0.25, 0.3) is 0 Å². The first kappa shape index (κ1) is 14.9. The molecule has 1 atom stereocenters. The summed E-state index contributed by atoms with van der Waals surface area (Å²) in [6.45, 7) is 9.88. The van der Waals surface area contributed by atoms with Gasteiger partial charge in [0.25, 0.3) is 0 Å². The van der Waals surface area contributed by atoms with Crippen LogP contribution in [0.5, 0.6) is 0 Å². The molecule has 1 aromatic carbocycles. The van der Waals surface area contributed by atoms with Crippen LogP contribution in [0, 0.1) is 12.3 Å². The van der Waals surface area contributed by atoms with E-state index in [4.69, 9.17) is 0 Å². The van der Waals surface area contributed by atoms with Crippen molar-refractivity contribution in [2.24, 2.45) is 10.4 Å². The lowest BCUT2D eigenvalue weighted by molar-refractivity contribution is 0.375. The summed E-state index contributed by atoms with van der Waals surface area (Å²) in [4.78, 5) is 4.60. The van der Waals surface area contributed by atoms with Gasteiger partial charge in [-0.25, -0.2) is 0 Å². The summed E-state index contributed by atoms with van der Waals surface area (Å²) >= 11 is 5.43. The summed E-state index contributed by atoms with van der Waals surface area (Å²) < 4.78 is 1.13. The zero-order valence-electron chi connectivity index (χ0n) is 12.0. The highest BCUT2D eigenvalue weighted by molar-refractivity contribution is 9.10. The molecule has 104 valence electrons. The van der Waals surface area contributed by atoms with Crippen LogP contribution in [0.4, 0.5) is 5.69 Å². The van der Waals surface area contributed by atoms with Gasteiger partial charge in [0.2, 0.25) is 0 Å². The Hall–Kier alpha value is -0.480. The number of halogens is 1. The molecule has 2 rings (SSSR count). The van der Waals surface area contributed by atoms with Crippen molar-refractivity contribution in [1.82, 2.24) is 0 Å². The minimum atomic E-state index is 0.371. The Kier molecular flexibility index (Phi) is 4.62. The summed E-state index contributed by atoms with van der Waals surface area (Å²) in [7, 11) is 0. The summed E-state index contributed by atoms with van der Waals surface area (Å²) in [6, 6.07) is 6.31. The lowest BCUT2D eigenvalue weighted by Gasteiger charge is -2.21. The average molecular weight is 341 g/mol. The van der Waals surface area contributed by atoms with Gasteiger partial charge in [-0.1, -0.05) is 54.5 Å². The van der Waals surface area contributed by atoms with E-state index in [1.807, 2.05) is 11.8 Å². The van der Waals surface area contributed by atoms with E-state index in [2.05, 4.69) is 72.1 Å². The number of amidine groups is 1. The van der Waals surface area contributed by atoms with Crippen LogP contribution >= 0.6 is 27.7 Å². The molecular formula is C15H21BrN2S. The number of thioether (sulfide) groups is 1. The third kappa shape index (κ3) is 4.53. The van der Waals surface area contributed by atoms with Gasteiger partial charge in [-0.3, -0.25) is 4.99 Å². The average Bonchev–Trinajstić information content (AvgIpc) is 2.68. The van der Waals surface area contributed by atoms with E-state index in [0.717, 1.165) is 21.9 Å². The molecule has 2 nitrogen and oxygen atoms in total. The number of rotatable bonds is 2. The van der Waals surface area contributed by atoms with Gasteiger partial charge in [0.15, 0.2) is 5.17 Å². The van der Waals surface area contributed by atoms with Gasteiger partial charge in [0.05, 0.1) is 6.54 Å². The van der Waals surface area contributed by atoms with E-state index in [9.17, 15) is 0 Å². The second-order valence-corrected chi connectivity index (χ2v) is 8.38. The molecule has 1 aromatic rings. The zero-order chi connectivity index (χ0) is 14.0. The molecule has 0 bridgehead atoms. The van der Waals surface area contributed by atoms with Gasteiger partial charge in [0, 0.05) is 15.4 Å². The van der Waals surface area contributed by atoms with Gasteiger partial charge < -0.3 is 5.32 Å². The molecule has 0 radical (unpaired) electrons. The van der Waals surface area contributed by atoms with Gasteiger partial charge in [-0.05, 0) is 36.5 Å². The van der Waals surface area contributed by atoms with Crippen molar-refractivity contribution in [2.75, 3.05) is 11.9 Å². The smallest absolute Gasteiger partial charge is 0.161 e. The number of aryl methyl sites for hydroxylation is 1. The number of nitrogens with one attached hydrogen (secondary N) is 1. The van der Waals surface area contributed by atoms with Crippen molar-refractivity contribution in [3.05, 3.63) is 28.2 Å². The van der Waals surface area contributed by atoms with Crippen LogP contribution in [0.1, 0.15) is 32.8 Å². The topological polar surface area (TPSA) is 24.4 Å². The quantitative estimate of drug-likeness (QED) is 0.811. The first-order valence-electron chi connectivity index (χ1n) is 6.58. The summed E-state index contributed by atoms with van der Waals surface area (Å²) in [5.41, 5.74) is 2.72. The Morgan fingerprint density at radius 2 is 2.16 bits per heavy atom. The number of benzene rings is 1. The normalized spacial score (nSPS) is 19.4. The summed E-state index contributed by atoms with van der Waals surface area (Å²) in [5.74, 6) is 0. The maximum absolute atomic E-state index is 4.60. The standard InChI is InChI=1S/C15H21BrN2S/c1-10-5-6-11(7-13(10)16)18-14-17-9-12(19-14)8-15(2,3)4/h5-7,12H,8-9H2,1-4H3,(H,17,18). The molecule has 0 aromatic heterocycles. The SMILES string of the molecule is Cc1ccc(NC2=NCC(CC(C)(C)C)S2)cc1Br. The molecule has 0 saturated carbocycles. The maximum Gasteiger partial charge on any atom is 0.161 e. The Bertz CT molecular complexity index is 491. The first-order chi connectivity index (χ1) is 8.83. The highest BCUT2D eigenvalue weighted by atomic mass is 79.9. The lowest BCUT2D eigenvalue weighted by Crippen LogP contribution is -2.16. The van der Waals surface area contributed by atoms with Crippen molar-refractivity contribution < 1.29 is 0 Å². The number of hydrogen-bond acceptors (Lipinski definition) is 3. The van der Waals surface area contributed by atoms with Crippen LogP contribution in [-0.2, 0) is 0 Å². The summed E-state index contributed by atoms with van der Waals surface area (Å²) in [6.07, 6.45) is 1.20. The van der Waals surface area contributed by atoms with Gasteiger partial charge >= 0.3 is 0 Å². The number of anilines is 1. The Labute approximate surface area is 128 Å². The predicted molar refractivity (Wildman–Crippen MR) is 90.3 cm³/mol. The third-order valence-electron chi connectivity index (χ3n) is 2.98. The zero-order valence-corrected chi connectivity index (χ0v) is 14.4. The molecule has 1 N–H and O–H groups in total. The minimum absolute atomic E-state index is 0.371. The number of aliphatic imine (C=N–C) groups is 1. The predicted octanol–water partition coefficient (Wildman–Crippen LogP) is 5.08. The third-order valence-corrected chi connectivity index (χ3v) is 4.94. The molecule has 0 spiro atoms. The Morgan fingerprint density at radius 1 is 1.42 bits per heavy atom. The van der Waals surface area contributed by atoms with E-state index in [0.29, 0.717) is 10.7 Å². The molecule has 1 aliphatic heterocycles. The second kappa shape index (κ2) is 5.88. The second-order valence-electron chi connectivity index (χ2n) is 6.24. The fourth-order valence-electron chi connectivity index (χ4n) is 2.07. The van der Waals surface area contributed by atoms with Crippen LogP contribution in [-0.4, -0.2) is 17.0 Å². The highest BCUT2D eigenvalue weighted by Crippen LogP contribution is 2.32. The number of hydrogen-bond donors (Lipinski definition) is 1. The molecule has 0 aliphatic carbocycles. The molecular weight excluding hydrogens is 320 g/mol. The highest BCUT2D eigenvalue weighted by Gasteiger charge is 2.25. The van der Waals surface area contributed by atoms with Gasteiger partial charge in [-0.2, -0.15) is 0 Å². The van der Waals surface area contributed by atoms with Crippen molar-refractivity contribution in [1.29, 1.82) is 0 Å². The van der Waals surface area contributed by atoms with E-state index in [1.54, 1.807) is 0 Å². The molecule has 4 heteroatoms. The lowest BCUT2D eigenvalue weighted by atomic mass is 9.90.